The average molecular weight is 181 g/mol. The molecule has 0 radical (unpaired) electrons. The van der Waals surface area contributed by atoms with Crippen LogP contribution in [0.5, 0.6) is 0 Å². The van der Waals surface area contributed by atoms with Crippen LogP contribution in [0.1, 0.15) is 58.3 Å². The first kappa shape index (κ1) is 9.51. The third-order valence-electron chi connectivity index (χ3n) is 4.13. The van der Waals surface area contributed by atoms with Gasteiger partial charge in [0.1, 0.15) is 0 Å². The quantitative estimate of drug-likeness (QED) is 0.696. The highest BCUT2D eigenvalue weighted by atomic mass is 14.7. The summed E-state index contributed by atoms with van der Waals surface area (Å²) in [6.45, 7) is 2.46. The summed E-state index contributed by atoms with van der Waals surface area (Å²) in [6.07, 6.45) is 11.3. The third kappa shape index (κ3) is 2.25. The Labute approximate surface area is 82.1 Å². The van der Waals surface area contributed by atoms with Gasteiger partial charge < -0.3 is 5.73 Å². The van der Waals surface area contributed by atoms with Gasteiger partial charge in [-0.1, -0.05) is 32.6 Å². The zero-order valence-corrected chi connectivity index (χ0v) is 8.89. The Morgan fingerprint density at radius 1 is 1.23 bits per heavy atom. The summed E-state index contributed by atoms with van der Waals surface area (Å²) in [5.41, 5.74) is 6.59. The fraction of sp³-hybridized carbons (Fsp3) is 1.00. The second-order valence-electron chi connectivity index (χ2n) is 5.67. The van der Waals surface area contributed by atoms with Crippen LogP contribution in [0.3, 0.4) is 0 Å². The van der Waals surface area contributed by atoms with Gasteiger partial charge in [0.2, 0.25) is 0 Å². The van der Waals surface area contributed by atoms with Gasteiger partial charge in [-0.2, -0.15) is 0 Å². The van der Waals surface area contributed by atoms with Crippen molar-refractivity contribution in [2.24, 2.45) is 17.1 Å². The summed E-state index contributed by atoms with van der Waals surface area (Å²) < 4.78 is 0. The van der Waals surface area contributed by atoms with Crippen LogP contribution in [0, 0.1) is 11.3 Å². The highest BCUT2D eigenvalue weighted by Crippen LogP contribution is 2.45. The van der Waals surface area contributed by atoms with Gasteiger partial charge >= 0.3 is 0 Å². The van der Waals surface area contributed by atoms with Gasteiger partial charge in [-0.15, -0.1) is 0 Å². The van der Waals surface area contributed by atoms with Crippen LogP contribution in [0.25, 0.3) is 0 Å². The van der Waals surface area contributed by atoms with Crippen molar-refractivity contribution in [1.82, 2.24) is 0 Å². The SMILES string of the molecule is CC1(CC2CCCC2)CCC(N)C1. The zero-order valence-electron chi connectivity index (χ0n) is 8.89. The minimum atomic E-state index is 0.506. The second kappa shape index (κ2) is 3.61. The number of nitrogens with two attached hydrogens (primary N) is 1. The lowest BCUT2D eigenvalue weighted by Gasteiger charge is -2.27. The molecule has 2 rings (SSSR count). The molecule has 0 aromatic rings. The molecule has 0 spiro atoms. The molecule has 2 saturated carbocycles. The summed E-state index contributed by atoms with van der Waals surface area (Å²) >= 11 is 0. The van der Waals surface area contributed by atoms with Gasteiger partial charge in [-0.3, -0.25) is 0 Å². The van der Waals surface area contributed by atoms with Crippen molar-refractivity contribution in [1.29, 1.82) is 0 Å². The predicted octanol–water partition coefficient (Wildman–Crippen LogP) is 3.08. The molecule has 0 aromatic carbocycles. The van der Waals surface area contributed by atoms with E-state index in [0.717, 1.165) is 5.92 Å². The smallest absolute Gasteiger partial charge is 0.00442 e. The van der Waals surface area contributed by atoms with Gasteiger partial charge in [0.15, 0.2) is 0 Å². The fourth-order valence-corrected chi connectivity index (χ4v) is 3.47. The summed E-state index contributed by atoms with van der Waals surface area (Å²) in [6, 6.07) is 0.506. The van der Waals surface area contributed by atoms with E-state index < -0.39 is 0 Å². The predicted molar refractivity (Wildman–Crippen MR) is 56.5 cm³/mol. The summed E-state index contributed by atoms with van der Waals surface area (Å²) in [4.78, 5) is 0. The minimum absolute atomic E-state index is 0.506. The summed E-state index contributed by atoms with van der Waals surface area (Å²) in [5, 5.41) is 0. The first-order chi connectivity index (χ1) is 6.18. The highest BCUT2D eigenvalue weighted by Gasteiger charge is 2.35. The van der Waals surface area contributed by atoms with Crippen LogP contribution in [0.4, 0.5) is 0 Å². The van der Waals surface area contributed by atoms with Crippen molar-refractivity contribution < 1.29 is 0 Å². The molecule has 2 aliphatic carbocycles. The van der Waals surface area contributed by atoms with Crippen LogP contribution >= 0.6 is 0 Å². The van der Waals surface area contributed by atoms with E-state index in [-0.39, 0.29) is 0 Å². The molecule has 1 heteroatoms. The second-order valence-corrected chi connectivity index (χ2v) is 5.67. The molecule has 2 N–H and O–H groups in total. The molecule has 0 heterocycles. The topological polar surface area (TPSA) is 26.0 Å². The maximum Gasteiger partial charge on any atom is 0.00442 e. The Kier molecular flexibility index (Phi) is 2.64. The monoisotopic (exact) mass is 181 g/mol. The van der Waals surface area contributed by atoms with E-state index >= 15 is 0 Å². The van der Waals surface area contributed by atoms with Crippen LogP contribution in [-0.4, -0.2) is 6.04 Å². The Morgan fingerprint density at radius 2 is 1.92 bits per heavy atom. The van der Waals surface area contributed by atoms with Gasteiger partial charge in [-0.25, -0.2) is 0 Å². The molecule has 0 saturated heterocycles. The lowest BCUT2D eigenvalue weighted by molar-refractivity contribution is 0.245. The Bertz CT molecular complexity index is 172. The lowest BCUT2D eigenvalue weighted by atomic mass is 9.79. The van der Waals surface area contributed by atoms with E-state index in [4.69, 9.17) is 5.73 Å². The maximum absolute atomic E-state index is 5.98. The van der Waals surface area contributed by atoms with Crippen molar-refractivity contribution in [3.8, 4) is 0 Å². The van der Waals surface area contributed by atoms with E-state index in [1.807, 2.05) is 0 Å². The molecule has 2 aliphatic rings. The molecule has 76 valence electrons. The molecule has 2 unspecified atom stereocenters. The lowest BCUT2D eigenvalue weighted by Crippen LogP contribution is -2.21. The first-order valence-corrected chi connectivity index (χ1v) is 5.94. The first-order valence-electron chi connectivity index (χ1n) is 5.94. The number of rotatable bonds is 2. The van der Waals surface area contributed by atoms with E-state index in [1.165, 1.54) is 51.4 Å². The highest BCUT2D eigenvalue weighted by molar-refractivity contribution is 4.89. The van der Waals surface area contributed by atoms with Crippen molar-refractivity contribution in [2.75, 3.05) is 0 Å². The Morgan fingerprint density at radius 3 is 2.46 bits per heavy atom. The maximum atomic E-state index is 5.98. The van der Waals surface area contributed by atoms with Crippen molar-refractivity contribution >= 4 is 0 Å². The summed E-state index contributed by atoms with van der Waals surface area (Å²) in [5.74, 6) is 1.04. The standard InChI is InChI=1S/C12H23N/c1-12(7-6-11(13)9-12)8-10-4-2-3-5-10/h10-11H,2-9,13H2,1H3. The minimum Gasteiger partial charge on any atom is -0.328 e. The molecule has 13 heavy (non-hydrogen) atoms. The molecule has 0 aromatic heterocycles. The van der Waals surface area contributed by atoms with Gasteiger partial charge in [-0.05, 0) is 37.0 Å². The molecule has 0 bridgehead atoms. The van der Waals surface area contributed by atoms with Crippen LogP contribution in [0.2, 0.25) is 0 Å². The molecular formula is C12H23N. The van der Waals surface area contributed by atoms with Crippen LogP contribution in [0.15, 0.2) is 0 Å². The Balaban J connectivity index is 1.85. The third-order valence-corrected chi connectivity index (χ3v) is 4.13. The Hall–Kier alpha value is -0.0400. The van der Waals surface area contributed by atoms with E-state index in [9.17, 15) is 0 Å². The number of hydrogen-bond donors (Lipinski definition) is 1. The molecule has 2 fully saturated rings. The average Bonchev–Trinajstić information content (AvgIpc) is 2.62. The van der Waals surface area contributed by atoms with Gasteiger partial charge in [0, 0.05) is 6.04 Å². The van der Waals surface area contributed by atoms with E-state index in [2.05, 4.69) is 6.92 Å². The summed E-state index contributed by atoms with van der Waals surface area (Å²) in [7, 11) is 0. The molecule has 0 aliphatic heterocycles. The molecule has 1 nitrogen and oxygen atoms in total. The molecule has 0 amide bonds. The van der Waals surface area contributed by atoms with Gasteiger partial charge in [0.05, 0.1) is 0 Å². The van der Waals surface area contributed by atoms with Crippen LogP contribution in [-0.2, 0) is 0 Å². The largest absolute Gasteiger partial charge is 0.328 e. The van der Waals surface area contributed by atoms with Crippen molar-refractivity contribution in [3.63, 3.8) is 0 Å². The van der Waals surface area contributed by atoms with Crippen molar-refractivity contribution in [3.05, 3.63) is 0 Å². The van der Waals surface area contributed by atoms with Crippen LogP contribution < -0.4 is 5.73 Å². The van der Waals surface area contributed by atoms with Crippen molar-refractivity contribution in [2.45, 2.75) is 64.3 Å². The fourth-order valence-electron chi connectivity index (χ4n) is 3.47. The molecular weight excluding hydrogens is 158 g/mol. The molecule has 2 atom stereocenters. The number of hydrogen-bond acceptors (Lipinski definition) is 1. The van der Waals surface area contributed by atoms with E-state index in [0.29, 0.717) is 11.5 Å². The zero-order chi connectivity index (χ0) is 9.31. The van der Waals surface area contributed by atoms with E-state index in [1.54, 1.807) is 0 Å². The normalized spacial score (nSPS) is 41.5. The van der Waals surface area contributed by atoms with Gasteiger partial charge in [0.25, 0.3) is 0 Å².